The van der Waals surface area contributed by atoms with Crippen molar-refractivity contribution in [3.8, 4) is 0 Å². The Hall–Kier alpha value is -2.92. The number of amides is 2. The van der Waals surface area contributed by atoms with Gasteiger partial charge in [-0.15, -0.1) is 0 Å². The van der Waals surface area contributed by atoms with Gasteiger partial charge in [0.05, 0.1) is 6.42 Å². The van der Waals surface area contributed by atoms with E-state index in [1.165, 1.54) is 6.42 Å². The summed E-state index contributed by atoms with van der Waals surface area (Å²) in [5.74, 6) is -0.178. The summed E-state index contributed by atoms with van der Waals surface area (Å²) in [6.07, 6.45) is 5.76. The van der Waals surface area contributed by atoms with Gasteiger partial charge in [-0.2, -0.15) is 11.3 Å². The number of rotatable bonds is 7. The minimum atomic E-state index is -0.722. The lowest BCUT2D eigenvalue weighted by Crippen LogP contribution is -2.48. The largest absolute Gasteiger partial charge is 0.351 e. The third-order valence-electron chi connectivity index (χ3n) is 6.40. The second-order valence-corrected chi connectivity index (χ2v) is 9.80. The van der Waals surface area contributed by atoms with Gasteiger partial charge in [0.15, 0.2) is 0 Å². The molecule has 2 aromatic carbocycles. The van der Waals surface area contributed by atoms with Gasteiger partial charge >= 0.3 is 0 Å². The number of benzene rings is 2. The Morgan fingerprint density at radius 2 is 1.79 bits per heavy atom. The molecule has 1 fully saturated rings. The van der Waals surface area contributed by atoms with Crippen LogP contribution in [0.15, 0.2) is 65.4 Å². The maximum absolute atomic E-state index is 13.8. The van der Waals surface area contributed by atoms with Crippen molar-refractivity contribution in [2.45, 2.75) is 64.5 Å². The molecule has 1 aliphatic rings. The minimum Gasteiger partial charge on any atom is -0.351 e. The van der Waals surface area contributed by atoms with Gasteiger partial charge in [0.1, 0.15) is 6.04 Å². The highest BCUT2D eigenvalue weighted by molar-refractivity contribution is 7.08. The molecule has 5 heteroatoms. The van der Waals surface area contributed by atoms with E-state index in [0.717, 1.165) is 53.6 Å². The Labute approximate surface area is 200 Å². The van der Waals surface area contributed by atoms with Gasteiger partial charge in [-0.3, -0.25) is 14.5 Å². The summed E-state index contributed by atoms with van der Waals surface area (Å²) in [5.41, 5.74) is 4.63. The van der Waals surface area contributed by atoms with E-state index in [-0.39, 0.29) is 24.3 Å². The quantitative estimate of drug-likeness (QED) is 0.461. The lowest BCUT2D eigenvalue weighted by Gasteiger charge is -2.34. The molecule has 0 unspecified atom stereocenters. The fraction of sp³-hybridized carbons (Fsp3) is 0.357. The van der Waals surface area contributed by atoms with Crippen LogP contribution in [0.5, 0.6) is 0 Å². The van der Waals surface area contributed by atoms with E-state index < -0.39 is 6.04 Å². The SMILES string of the molecule is Cc1ccc(C)c(N(C(=O)Cc2ccsc2)[C@H](C(=O)NC2CCCCC2)c2ccccc2)c1. The number of anilines is 1. The number of carbonyl (C=O) groups is 2. The molecule has 4 nitrogen and oxygen atoms in total. The molecule has 1 aliphatic carbocycles. The van der Waals surface area contributed by atoms with Gasteiger partial charge < -0.3 is 5.32 Å². The molecule has 0 aliphatic heterocycles. The molecule has 172 valence electrons. The zero-order chi connectivity index (χ0) is 23.2. The van der Waals surface area contributed by atoms with E-state index >= 15 is 0 Å². The maximum atomic E-state index is 13.8. The normalized spacial score (nSPS) is 15.1. The lowest BCUT2D eigenvalue weighted by molar-refractivity contribution is -0.127. The second-order valence-electron chi connectivity index (χ2n) is 9.02. The van der Waals surface area contributed by atoms with Gasteiger partial charge in [-0.1, -0.05) is 61.7 Å². The first-order valence-corrected chi connectivity index (χ1v) is 12.7. The van der Waals surface area contributed by atoms with Crippen molar-refractivity contribution >= 4 is 28.8 Å². The smallest absolute Gasteiger partial charge is 0.248 e. The Kier molecular flexibility index (Phi) is 7.61. The van der Waals surface area contributed by atoms with Crippen LogP contribution in [-0.4, -0.2) is 17.9 Å². The predicted octanol–water partition coefficient (Wildman–Crippen LogP) is 6.13. The van der Waals surface area contributed by atoms with Gasteiger partial charge in [-0.25, -0.2) is 0 Å². The minimum absolute atomic E-state index is 0.0743. The fourth-order valence-electron chi connectivity index (χ4n) is 4.63. The molecule has 1 heterocycles. The van der Waals surface area contributed by atoms with Crippen molar-refractivity contribution in [1.82, 2.24) is 5.32 Å². The molecule has 1 saturated carbocycles. The molecule has 33 heavy (non-hydrogen) atoms. The summed E-state index contributed by atoms with van der Waals surface area (Å²) >= 11 is 1.58. The molecule has 1 N–H and O–H groups in total. The predicted molar refractivity (Wildman–Crippen MR) is 136 cm³/mol. The van der Waals surface area contributed by atoms with Gasteiger partial charge in [0.25, 0.3) is 0 Å². The highest BCUT2D eigenvalue weighted by Gasteiger charge is 2.34. The van der Waals surface area contributed by atoms with Crippen LogP contribution < -0.4 is 10.2 Å². The summed E-state index contributed by atoms with van der Waals surface area (Å²) < 4.78 is 0. The van der Waals surface area contributed by atoms with E-state index in [2.05, 4.69) is 5.32 Å². The number of hydrogen-bond donors (Lipinski definition) is 1. The van der Waals surface area contributed by atoms with Crippen LogP contribution in [0.4, 0.5) is 5.69 Å². The molecule has 0 saturated heterocycles. The van der Waals surface area contributed by atoms with Crippen LogP contribution in [0.2, 0.25) is 0 Å². The van der Waals surface area contributed by atoms with Crippen LogP contribution in [-0.2, 0) is 16.0 Å². The Morgan fingerprint density at radius 3 is 2.48 bits per heavy atom. The molecule has 4 rings (SSSR count). The summed E-state index contributed by atoms with van der Waals surface area (Å²) in [6, 6.07) is 17.2. The van der Waals surface area contributed by atoms with Crippen molar-refractivity contribution in [2.75, 3.05) is 4.90 Å². The zero-order valence-corrected chi connectivity index (χ0v) is 20.2. The second kappa shape index (κ2) is 10.8. The standard InChI is InChI=1S/C28H32N2O2S/c1-20-13-14-21(2)25(17-20)30(26(31)18-22-15-16-33-19-22)27(23-9-5-3-6-10-23)28(32)29-24-11-7-4-8-12-24/h3,5-6,9-10,13-17,19,24,27H,4,7-8,11-12,18H2,1-2H3,(H,29,32)/t27-/m0/s1. The van der Waals surface area contributed by atoms with Crippen LogP contribution >= 0.6 is 11.3 Å². The van der Waals surface area contributed by atoms with Crippen molar-refractivity contribution in [3.05, 3.63) is 87.6 Å². The van der Waals surface area contributed by atoms with Crippen molar-refractivity contribution in [2.24, 2.45) is 0 Å². The van der Waals surface area contributed by atoms with Crippen LogP contribution in [0.1, 0.15) is 60.4 Å². The van der Waals surface area contributed by atoms with Gasteiger partial charge in [0.2, 0.25) is 11.8 Å². The average molecular weight is 461 g/mol. The number of aryl methyl sites for hydroxylation is 2. The first-order chi connectivity index (χ1) is 16.0. The number of nitrogens with zero attached hydrogens (tertiary/aromatic N) is 1. The number of carbonyl (C=O) groups excluding carboxylic acids is 2. The Balaban J connectivity index is 1.77. The van der Waals surface area contributed by atoms with E-state index in [0.29, 0.717) is 0 Å². The molecule has 0 bridgehead atoms. The Bertz CT molecular complexity index is 1070. The van der Waals surface area contributed by atoms with Crippen LogP contribution in [0.3, 0.4) is 0 Å². The molecule has 0 spiro atoms. The summed E-state index contributed by atoms with van der Waals surface area (Å²) in [4.78, 5) is 29.4. The third-order valence-corrected chi connectivity index (χ3v) is 7.13. The number of thiophene rings is 1. The summed E-state index contributed by atoms with van der Waals surface area (Å²) in [6.45, 7) is 4.02. The highest BCUT2D eigenvalue weighted by Crippen LogP contribution is 2.32. The van der Waals surface area contributed by atoms with Gasteiger partial charge in [0, 0.05) is 11.7 Å². The number of nitrogens with one attached hydrogen (secondary N) is 1. The topological polar surface area (TPSA) is 49.4 Å². The van der Waals surface area contributed by atoms with E-state index in [4.69, 9.17) is 0 Å². The van der Waals surface area contributed by atoms with Crippen molar-refractivity contribution in [1.29, 1.82) is 0 Å². The van der Waals surface area contributed by atoms with Crippen molar-refractivity contribution < 1.29 is 9.59 Å². The van der Waals surface area contributed by atoms with Crippen molar-refractivity contribution in [3.63, 3.8) is 0 Å². The summed E-state index contributed by atoms with van der Waals surface area (Å²) in [7, 11) is 0. The van der Waals surface area contributed by atoms with E-state index in [9.17, 15) is 9.59 Å². The average Bonchev–Trinajstić information content (AvgIpc) is 3.33. The van der Waals surface area contributed by atoms with E-state index in [1.54, 1.807) is 16.2 Å². The molecule has 1 atom stereocenters. The first kappa shape index (κ1) is 23.2. The highest BCUT2D eigenvalue weighted by atomic mass is 32.1. The molecular weight excluding hydrogens is 428 g/mol. The third kappa shape index (κ3) is 5.72. The molecule has 1 aromatic heterocycles. The molecule has 3 aromatic rings. The van der Waals surface area contributed by atoms with E-state index in [1.807, 2.05) is 79.2 Å². The zero-order valence-electron chi connectivity index (χ0n) is 19.4. The van der Waals surface area contributed by atoms with Crippen LogP contribution in [0.25, 0.3) is 0 Å². The van der Waals surface area contributed by atoms with Gasteiger partial charge in [-0.05, 0) is 71.8 Å². The monoisotopic (exact) mass is 460 g/mol. The van der Waals surface area contributed by atoms with Crippen LogP contribution in [0, 0.1) is 13.8 Å². The maximum Gasteiger partial charge on any atom is 0.248 e. The Morgan fingerprint density at radius 1 is 1.03 bits per heavy atom. The molecule has 2 amide bonds. The summed E-state index contributed by atoms with van der Waals surface area (Å²) in [5, 5.41) is 7.27. The fourth-order valence-corrected chi connectivity index (χ4v) is 5.30. The molecule has 0 radical (unpaired) electrons. The lowest BCUT2D eigenvalue weighted by atomic mass is 9.94. The molecular formula is C28H32N2O2S. The number of hydrogen-bond acceptors (Lipinski definition) is 3. The first-order valence-electron chi connectivity index (χ1n) is 11.8.